The summed E-state index contributed by atoms with van der Waals surface area (Å²) in [5, 5.41) is 31.2. The molecule has 0 bridgehead atoms. The van der Waals surface area contributed by atoms with Gasteiger partial charge >= 0.3 is 33.3 Å². The second-order valence-corrected chi connectivity index (χ2v) is 20.5. The number of aromatic nitrogens is 2. The minimum atomic E-state index is -5.49. The number of nitrogen functional groups attached to an aromatic ring is 1. The molecule has 77 heavy (non-hydrogen) atoms. The zero-order valence-corrected chi connectivity index (χ0v) is 46.3. The van der Waals surface area contributed by atoms with E-state index in [0.717, 1.165) is 62.1 Å². The van der Waals surface area contributed by atoms with Crippen LogP contribution in [0.1, 0.15) is 129 Å². The van der Waals surface area contributed by atoms with Crippen molar-refractivity contribution in [1.82, 2.24) is 9.55 Å². The van der Waals surface area contributed by atoms with Crippen molar-refractivity contribution in [2.45, 2.75) is 160 Å². The van der Waals surface area contributed by atoms with Crippen LogP contribution in [0.15, 0.2) is 151 Å². The summed E-state index contributed by atoms with van der Waals surface area (Å²) < 4.78 is 56.6. The Morgan fingerprint density at radius 3 is 1.82 bits per heavy atom. The molecule has 3 unspecified atom stereocenters. The average molecular weight is 1120 g/mol. The molecule has 0 amide bonds. The number of esters is 2. The number of carbonyl (C=O) groups excluding carboxylic acids is 2. The van der Waals surface area contributed by atoms with E-state index in [1.165, 1.54) is 25.3 Å². The number of nitrogens with two attached hydrogens (primary N) is 1. The molecule has 21 heteroatoms. The van der Waals surface area contributed by atoms with Crippen molar-refractivity contribution in [2.75, 3.05) is 25.6 Å². The third-order valence-electron chi connectivity index (χ3n) is 10.8. The quantitative estimate of drug-likeness (QED) is 0.0117. The van der Waals surface area contributed by atoms with Crippen LogP contribution in [0.5, 0.6) is 0 Å². The number of unbranched alkanes of at least 4 members (excludes halogenated alkanes) is 3. The molecule has 19 nitrogen and oxygen atoms in total. The maximum Gasteiger partial charge on any atom is 0.481 e. The van der Waals surface area contributed by atoms with E-state index in [0.29, 0.717) is 12.8 Å². The second-order valence-electron chi connectivity index (χ2n) is 17.5. The highest BCUT2D eigenvalue weighted by Crippen LogP contribution is 2.60. The van der Waals surface area contributed by atoms with Gasteiger partial charge in [0.25, 0.3) is 0 Å². The van der Waals surface area contributed by atoms with Gasteiger partial charge in [-0.3, -0.25) is 23.2 Å². The van der Waals surface area contributed by atoms with E-state index in [1.807, 2.05) is 30.4 Å². The molecule has 428 valence electrons. The third-order valence-corrected chi connectivity index (χ3v) is 13.4. The van der Waals surface area contributed by atoms with E-state index in [4.69, 9.17) is 29.0 Å². The monoisotopic (exact) mass is 1120 g/mol. The summed E-state index contributed by atoms with van der Waals surface area (Å²) in [4.78, 5) is 61.9. The Balaban J connectivity index is 1.89. The molecule has 2 rings (SSSR count). The van der Waals surface area contributed by atoms with Crippen molar-refractivity contribution < 1.29 is 71.4 Å². The second kappa shape index (κ2) is 41.9. The fraction of sp³-hybridized carbons (Fsp3) is 0.500. The van der Waals surface area contributed by atoms with E-state index in [2.05, 4.69) is 96.1 Å². The summed E-state index contributed by atoms with van der Waals surface area (Å²) in [6.07, 6.45) is 48.6. The van der Waals surface area contributed by atoms with Crippen LogP contribution in [0.3, 0.4) is 0 Å². The number of carbonyl (C=O) groups is 2. The molecular formula is C56H83N3O16P2. The SMILES string of the molecule is CC/C=C\C/C=C\C/C=C\C/C=C\C=C/C(O)C/C=C\CCC(=O)OC[C@H](COP(=O)(O)OP(=O)(O)OC[C@H]1O[C@@H](n2ccc(N)nc2=O)[C@H](O)[C@@H]1O)OC(=O)CC/C=C\C/C=C\C/C=C\C/C=C\C/C=C\CCCCC. The van der Waals surface area contributed by atoms with Gasteiger partial charge in [0.15, 0.2) is 12.3 Å². The molecule has 0 spiro atoms. The Bertz CT molecular complexity index is 2340. The molecule has 8 atom stereocenters. The molecule has 1 aliphatic heterocycles. The number of allylic oxidation sites excluding steroid dienone is 20. The standard InChI is InChI=1S/C56H83N3O16P2/c1-3-5-7-9-11-13-15-17-18-19-20-21-22-24-26-28-30-32-36-41-52(62)73-48(44-70-51(61)40-37-33-35-39-47(60)38-34-31-29-27-25-23-16-14-12-10-8-6-4-2)45-71-76(66,67)75-77(68,69)72-46-49-53(63)54(64)55(74-49)59-43-42-50(57)58-56(59)65/h6,8,11-14,17-18,20-21,23-26,29-35,38,42-43,47-49,53-55,60,63-64H,3-5,7,9-10,15-16,19,22,27-28,36-37,39-41,44-46H2,1-2H3,(H,66,67)(H,68,69)(H2,57,58,65)/b8-6-,13-11-,14-12-,18-17-,21-20-,25-23-,26-24-,31-29-,32-30-,35-33-,38-34-/t47?,48-,49-,53-,54-,55-/m1/s1. The number of phosphoric ester groups is 2. The predicted molar refractivity (Wildman–Crippen MR) is 299 cm³/mol. The van der Waals surface area contributed by atoms with Gasteiger partial charge in [0, 0.05) is 19.0 Å². The third kappa shape index (κ3) is 34.4. The normalized spacial score (nSPS) is 20.1. The molecule has 0 aliphatic carbocycles. The number of aliphatic hydroxyl groups is 3. The van der Waals surface area contributed by atoms with E-state index < -0.39 is 89.8 Å². The van der Waals surface area contributed by atoms with Crippen LogP contribution in [0.2, 0.25) is 0 Å². The highest BCUT2D eigenvalue weighted by molar-refractivity contribution is 7.61. The molecule has 1 fully saturated rings. The summed E-state index contributed by atoms with van der Waals surface area (Å²) >= 11 is 0. The topological polar surface area (TPSA) is 286 Å². The number of phosphoric acid groups is 2. The molecule has 0 saturated carbocycles. The lowest BCUT2D eigenvalue weighted by molar-refractivity contribution is -0.161. The zero-order chi connectivity index (χ0) is 56.4. The van der Waals surface area contributed by atoms with Crippen LogP contribution >= 0.6 is 15.6 Å². The number of hydrogen-bond acceptors (Lipinski definition) is 16. The van der Waals surface area contributed by atoms with Crippen molar-refractivity contribution in [1.29, 1.82) is 0 Å². The lowest BCUT2D eigenvalue weighted by Gasteiger charge is -2.21. The van der Waals surface area contributed by atoms with Crippen LogP contribution in [0.25, 0.3) is 0 Å². The Kier molecular flexibility index (Phi) is 37.0. The predicted octanol–water partition coefficient (Wildman–Crippen LogP) is 10.3. The van der Waals surface area contributed by atoms with Crippen molar-refractivity contribution in [3.8, 4) is 0 Å². The number of ether oxygens (including phenoxy) is 3. The van der Waals surface area contributed by atoms with Crippen LogP contribution in [0, 0.1) is 0 Å². The van der Waals surface area contributed by atoms with Crippen molar-refractivity contribution in [3.63, 3.8) is 0 Å². The van der Waals surface area contributed by atoms with Gasteiger partial charge in [-0.25, -0.2) is 13.9 Å². The van der Waals surface area contributed by atoms with Crippen molar-refractivity contribution >= 4 is 33.4 Å². The Hall–Kier alpha value is -5.14. The molecule has 0 radical (unpaired) electrons. The van der Waals surface area contributed by atoms with Gasteiger partial charge in [-0.05, 0) is 89.5 Å². The Morgan fingerprint density at radius 1 is 0.701 bits per heavy atom. The fourth-order valence-corrected chi connectivity index (χ4v) is 8.87. The number of hydrogen-bond donors (Lipinski definition) is 6. The number of aliphatic hydroxyl groups excluding tert-OH is 3. The van der Waals surface area contributed by atoms with Crippen LogP contribution in [0.4, 0.5) is 5.82 Å². The number of nitrogens with zero attached hydrogens (tertiary/aromatic N) is 2. The molecule has 0 aromatic carbocycles. The first-order valence-corrected chi connectivity index (χ1v) is 29.3. The maximum absolute atomic E-state index is 12.9. The molecule has 1 aromatic rings. The van der Waals surface area contributed by atoms with Crippen LogP contribution in [-0.2, 0) is 46.3 Å². The fourth-order valence-electron chi connectivity index (χ4n) is 6.76. The lowest BCUT2D eigenvalue weighted by Crippen LogP contribution is -2.36. The summed E-state index contributed by atoms with van der Waals surface area (Å²) in [5.74, 6) is -1.60. The van der Waals surface area contributed by atoms with E-state index in [-0.39, 0.29) is 31.5 Å². The van der Waals surface area contributed by atoms with Crippen LogP contribution < -0.4 is 11.4 Å². The minimum Gasteiger partial charge on any atom is -0.462 e. The maximum atomic E-state index is 12.9. The summed E-state index contributed by atoms with van der Waals surface area (Å²) in [6.45, 7) is 1.76. The highest BCUT2D eigenvalue weighted by atomic mass is 31.3. The summed E-state index contributed by atoms with van der Waals surface area (Å²) in [7, 11) is -11.0. The van der Waals surface area contributed by atoms with Gasteiger partial charge in [0.05, 0.1) is 19.3 Å². The van der Waals surface area contributed by atoms with Crippen LogP contribution in [-0.4, -0.2) is 96.9 Å². The number of anilines is 1. The Morgan fingerprint density at radius 2 is 1.23 bits per heavy atom. The minimum absolute atomic E-state index is 0.104. The van der Waals surface area contributed by atoms with Gasteiger partial charge in [0.1, 0.15) is 30.7 Å². The highest BCUT2D eigenvalue weighted by Gasteiger charge is 2.46. The smallest absolute Gasteiger partial charge is 0.462 e. The van der Waals surface area contributed by atoms with E-state index in [9.17, 15) is 48.6 Å². The average Bonchev–Trinajstić information content (AvgIpc) is 3.67. The largest absolute Gasteiger partial charge is 0.481 e. The van der Waals surface area contributed by atoms with Gasteiger partial charge in [-0.2, -0.15) is 9.29 Å². The molecular weight excluding hydrogens is 1030 g/mol. The summed E-state index contributed by atoms with van der Waals surface area (Å²) in [6, 6.07) is 1.23. The molecule has 1 aromatic heterocycles. The molecule has 1 saturated heterocycles. The summed E-state index contributed by atoms with van der Waals surface area (Å²) in [5.41, 5.74) is 4.57. The lowest BCUT2D eigenvalue weighted by atomic mass is 10.1. The van der Waals surface area contributed by atoms with Gasteiger partial charge in [-0.15, -0.1) is 0 Å². The van der Waals surface area contributed by atoms with Gasteiger partial charge < -0.3 is 45.1 Å². The van der Waals surface area contributed by atoms with Gasteiger partial charge in [-0.1, -0.05) is 160 Å². The van der Waals surface area contributed by atoms with E-state index in [1.54, 1.807) is 30.4 Å². The first-order chi connectivity index (χ1) is 37.1. The van der Waals surface area contributed by atoms with Gasteiger partial charge in [0.2, 0.25) is 0 Å². The number of rotatable bonds is 41. The van der Waals surface area contributed by atoms with Crippen molar-refractivity contribution in [3.05, 3.63) is 156 Å². The Labute approximate surface area is 454 Å². The first-order valence-electron chi connectivity index (χ1n) is 26.3. The molecule has 7 N–H and O–H groups in total. The zero-order valence-electron chi connectivity index (χ0n) is 44.6. The molecule has 2 heterocycles. The first kappa shape index (κ1) is 68.0. The van der Waals surface area contributed by atoms with E-state index >= 15 is 0 Å². The molecule has 1 aliphatic rings. The van der Waals surface area contributed by atoms with Crippen molar-refractivity contribution in [2.24, 2.45) is 0 Å².